The summed E-state index contributed by atoms with van der Waals surface area (Å²) in [7, 11) is 4.22. The molecule has 0 aliphatic heterocycles. The van der Waals surface area contributed by atoms with E-state index in [1.54, 1.807) is 0 Å². The van der Waals surface area contributed by atoms with Crippen molar-refractivity contribution in [1.29, 1.82) is 0 Å². The van der Waals surface area contributed by atoms with Crippen molar-refractivity contribution in [3.8, 4) is 0 Å². The van der Waals surface area contributed by atoms with Crippen LogP contribution in [-0.4, -0.2) is 32.1 Å². The maximum absolute atomic E-state index is 5.89. The molecule has 2 N–H and O–H groups in total. The second kappa shape index (κ2) is 6.02. The van der Waals surface area contributed by atoms with Gasteiger partial charge in [0.1, 0.15) is 0 Å². The minimum Gasteiger partial charge on any atom is -0.330 e. The molecule has 90 valence electrons. The van der Waals surface area contributed by atoms with Crippen molar-refractivity contribution in [3.05, 3.63) is 34.9 Å². The maximum Gasteiger partial charge on any atom is -0.000765 e. The number of rotatable bonds is 5. The molecule has 0 aliphatic rings. The van der Waals surface area contributed by atoms with E-state index < -0.39 is 0 Å². The van der Waals surface area contributed by atoms with Crippen LogP contribution in [0.4, 0.5) is 0 Å². The lowest BCUT2D eigenvalue weighted by molar-refractivity contribution is 0.381. The van der Waals surface area contributed by atoms with Crippen LogP contribution in [-0.2, 0) is 0 Å². The monoisotopic (exact) mass is 220 g/mol. The van der Waals surface area contributed by atoms with Crippen LogP contribution in [0.25, 0.3) is 0 Å². The lowest BCUT2D eigenvalue weighted by Gasteiger charge is -2.20. The highest BCUT2D eigenvalue weighted by molar-refractivity contribution is 5.33. The van der Waals surface area contributed by atoms with Gasteiger partial charge in [-0.2, -0.15) is 0 Å². The molecule has 0 spiro atoms. The SMILES string of the molecule is Cc1ccc(C)c(C(CN)CCN(C)C)c1. The zero-order valence-corrected chi connectivity index (χ0v) is 11.0. The van der Waals surface area contributed by atoms with Gasteiger partial charge in [-0.1, -0.05) is 23.8 Å². The Bertz CT molecular complexity index is 332. The summed E-state index contributed by atoms with van der Waals surface area (Å²) in [6.07, 6.45) is 1.13. The third-order valence-corrected chi connectivity index (χ3v) is 3.08. The van der Waals surface area contributed by atoms with E-state index in [4.69, 9.17) is 5.73 Å². The van der Waals surface area contributed by atoms with E-state index in [-0.39, 0.29) is 0 Å². The minimum absolute atomic E-state index is 0.488. The van der Waals surface area contributed by atoms with E-state index in [0.717, 1.165) is 19.5 Å². The molecule has 0 aromatic heterocycles. The zero-order chi connectivity index (χ0) is 12.1. The summed E-state index contributed by atoms with van der Waals surface area (Å²) < 4.78 is 0. The Morgan fingerprint density at radius 3 is 2.50 bits per heavy atom. The molecular formula is C14H24N2. The normalized spacial score (nSPS) is 13.1. The van der Waals surface area contributed by atoms with Gasteiger partial charge in [0.2, 0.25) is 0 Å². The van der Waals surface area contributed by atoms with Crippen LogP contribution in [0, 0.1) is 13.8 Å². The molecule has 0 saturated heterocycles. The number of nitrogens with zero attached hydrogens (tertiary/aromatic N) is 1. The quantitative estimate of drug-likeness (QED) is 0.825. The van der Waals surface area contributed by atoms with Crippen molar-refractivity contribution in [2.24, 2.45) is 5.73 Å². The van der Waals surface area contributed by atoms with E-state index in [0.29, 0.717) is 5.92 Å². The first-order chi connectivity index (χ1) is 7.54. The topological polar surface area (TPSA) is 29.3 Å². The Hall–Kier alpha value is -0.860. The standard InChI is InChI=1S/C14H24N2/c1-11-5-6-12(2)14(9-11)13(10-15)7-8-16(3)4/h5-6,9,13H,7-8,10,15H2,1-4H3. The minimum atomic E-state index is 0.488. The fourth-order valence-corrected chi connectivity index (χ4v) is 2.01. The van der Waals surface area contributed by atoms with Gasteiger partial charge >= 0.3 is 0 Å². The molecule has 2 nitrogen and oxygen atoms in total. The zero-order valence-electron chi connectivity index (χ0n) is 11.0. The van der Waals surface area contributed by atoms with Crippen molar-refractivity contribution in [2.45, 2.75) is 26.2 Å². The molecule has 0 radical (unpaired) electrons. The first-order valence-corrected chi connectivity index (χ1v) is 5.96. The summed E-state index contributed by atoms with van der Waals surface area (Å²) >= 11 is 0. The van der Waals surface area contributed by atoms with E-state index in [1.807, 2.05) is 0 Å². The number of aryl methyl sites for hydroxylation is 2. The molecule has 1 aromatic rings. The van der Waals surface area contributed by atoms with Gasteiger partial charge in [-0.25, -0.2) is 0 Å². The van der Waals surface area contributed by atoms with Crippen LogP contribution in [0.5, 0.6) is 0 Å². The Kier molecular flexibility index (Phi) is 4.97. The highest BCUT2D eigenvalue weighted by Gasteiger charge is 2.12. The molecule has 0 amide bonds. The Balaban J connectivity index is 2.81. The molecule has 0 bridgehead atoms. The van der Waals surface area contributed by atoms with Gasteiger partial charge in [-0.05, 0) is 64.5 Å². The molecule has 1 unspecified atom stereocenters. The Morgan fingerprint density at radius 1 is 1.25 bits per heavy atom. The molecular weight excluding hydrogens is 196 g/mol. The van der Waals surface area contributed by atoms with Crippen LogP contribution < -0.4 is 5.73 Å². The predicted octanol–water partition coefficient (Wildman–Crippen LogP) is 2.30. The lowest BCUT2D eigenvalue weighted by atomic mass is 9.90. The Labute approximate surface area is 99.5 Å². The second-order valence-electron chi connectivity index (χ2n) is 4.88. The largest absolute Gasteiger partial charge is 0.330 e. The van der Waals surface area contributed by atoms with Crippen LogP contribution >= 0.6 is 0 Å². The van der Waals surface area contributed by atoms with Crippen molar-refractivity contribution >= 4 is 0 Å². The van der Waals surface area contributed by atoms with Crippen molar-refractivity contribution in [2.75, 3.05) is 27.2 Å². The predicted molar refractivity (Wildman–Crippen MR) is 70.9 cm³/mol. The third kappa shape index (κ3) is 3.62. The lowest BCUT2D eigenvalue weighted by Crippen LogP contribution is -2.21. The molecule has 0 heterocycles. The van der Waals surface area contributed by atoms with Gasteiger partial charge in [0.05, 0.1) is 0 Å². The smallest absolute Gasteiger partial charge is 0.000765 e. The number of hydrogen-bond acceptors (Lipinski definition) is 2. The van der Waals surface area contributed by atoms with Gasteiger partial charge in [0, 0.05) is 0 Å². The molecule has 0 saturated carbocycles. The van der Waals surface area contributed by atoms with Gasteiger partial charge in [0.25, 0.3) is 0 Å². The first-order valence-electron chi connectivity index (χ1n) is 5.96. The summed E-state index contributed by atoms with van der Waals surface area (Å²) in [5.74, 6) is 0.488. The summed E-state index contributed by atoms with van der Waals surface area (Å²) in [6, 6.07) is 6.64. The Morgan fingerprint density at radius 2 is 1.94 bits per heavy atom. The highest BCUT2D eigenvalue weighted by Crippen LogP contribution is 2.23. The van der Waals surface area contributed by atoms with E-state index in [2.05, 4.69) is 51.0 Å². The molecule has 0 fully saturated rings. The highest BCUT2D eigenvalue weighted by atomic mass is 15.0. The number of benzene rings is 1. The molecule has 1 aromatic carbocycles. The molecule has 2 heteroatoms. The van der Waals surface area contributed by atoms with Crippen molar-refractivity contribution in [1.82, 2.24) is 4.90 Å². The van der Waals surface area contributed by atoms with Crippen molar-refractivity contribution in [3.63, 3.8) is 0 Å². The van der Waals surface area contributed by atoms with E-state index in [9.17, 15) is 0 Å². The first kappa shape index (κ1) is 13.2. The fraction of sp³-hybridized carbons (Fsp3) is 0.571. The fourth-order valence-electron chi connectivity index (χ4n) is 2.01. The average Bonchev–Trinajstić information content (AvgIpc) is 2.23. The molecule has 0 aliphatic carbocycles. The molecule has 16 heavy (non-hydrogen) atoms. The summed E-state index contributed by atoms with van der Waals surface area (Å²) in [5, 5.41) is 0. The maximum atomic E-state index is 5.89. The van der Waals surface area contributed by atoms with Crippen LogP contribution in [0.1, 0.15) is 29.0 Å². The van der Waals surface area contributed by atoms with Crippen LogP contribution in [0.2, 0.25) is 0 Å². The summed E-state index contributed by atoms with van der Waals surface area (Å²) in [4.78, 5) is 2.22. The summed E-state index contributed by atoms with van der Waals surface area (Å²) in [5.41, 5.74) is 10.00. The van der Waals surface area contributed by atoms with Gasteiger partial charge in [0.15, 0.2) is 0 Å². The van der Waals surface area contributed by atoms with Gasteiger partial charge in [-0.3, -0.25) is 0 Å². The van der Waals surface area contributed by atoms with Crippen LogP contribution in [0.3, 0.4) is 0 Å². The number of nitrogens with two attached hydrogens (primary N) is 1. The van der Waals surface area contributed by atoms with Gasteiger partial charge < -0.3 is 10.6 Å². The number of hydrogen-bond donors (Lipinski definition) is 1. The van der Waals surface area contributed by atoms with E-state index in [1.165, 1.54) is 16.7 Å². The summed E-state index contributed by atoms with van der Waals surface area (Å²) in [6.45, 7) is 6.14. The molecule has 1 rings (SSSR count). The van der Waals surface area contributed by atoms with Crippen LogP contribution in [0.15, 0.2) is 18.2 Å². The average molecular weight is 220 g/mol. The molecule has 1 atom stereocenters. The van der Waals surface area contributed by atoms with Gasteiger partial charge in [-0.15, -0.1) is 0 Å². The second-order valence-corrected chi connectivity index (χ2v) is 4.88. The van der Waals surface area contributed by atoms with Crippen molar-refractivity contribution < 1.29 is 0 Å². The third-order valence-electron chi connectivity index (χ3n) is 3.08. The van der Waals surface area contributed by atoms with E-state index >= 15 is 0 Å².